The molecule has 1 rings (SSSR count). The molecule has 1 heterocycles. The molecule has 0 unspecified atom stereocenters. The lowest BCUT2D eigenvalue weighted by atomic mass is 9.77. The van der Waals surface area contributed by atoms with Gasteiger partial charge in [0.2, 0.25) is 5.91 Å². The molecule has 3 heteroatoms. The van der Waals surface area contributed by atoms with E-state index >= 15 is 0 Å². The minimum absolute atomic E-state index is 0.206. The molecule has 0 saturated carbocycles. The Hall–Kier alpha value is -0.570. The first-order valence-electron chi connectivity index (χ1n) is 5.89. The van der Waals surface area contributed by atoms with Gasteiger partial charge in [0.25, 0.3) is 0 Å². The summed E-state index contributed by atoms with van der Waals surface area (Å²) in [4.78, 5) is 14.0. The molecule has 1 saturated heterocycles. The van der Waals surface area contributed by atoms with Crippen molar-refractivity contribution < 1.29 is 4.79 Å². The van der Waals surface area contributed by atoms with Crippen LogP contribution in [0.1, 0.15) is 40.0 Å². The molecule has 3 nitrogen and oxygen atoms in total. The van der Waals surface area contributed by atoms with Gasteiger partial charge in [0, 0.05) is 12.5 Å². The van der Waals surface area contributed by atoms with Crippen LogP contribution in [-0.2, 0) is 4.79 Å². The second-order valence-corrected chi connectivity index (χ2v) is 5.51. The van der Waals surface area contributed by atoms with Crippen LogP contribution in [0.15, 0.2) is 0 Å². The number of nitrogens with one attached hydrogen (secondary N) is 1. The van der Waals surface area contributed by atoms with Gasteiger partial charge in [-0.25, -0.2) is 0 Å². The van der Waals surface area contributed by atoms with Crippen molar-refractivity contribution in [2.75, 3.05) is 20.1 Å². The summed E-state index contributed by atoms with van der Waals surface area (Å²) in [5.41, 5.74) is 0.214. The van der Waals surface area contributed by atoms with E-state index in [2.05, 4.69) is 24.2 Å². The van der Waals surface area contributed by atoms with Crippen molar-refractivity contribution in [3.8, 4) is 0 Å². The minimum Gasteiger partial charge on any atom is -0.354 e. The Bertz CT molecular complexity index is 218. The number of nitrogens with zero attached hydrogens (tertiary/aromatic N) is 1. The molecule has 1 aliphatic rings. The zero-order valence-electron chi connectivity index (χ0n) is 10.5. The first kappa shape index (κ1) is 12.5. The van der Waals surface area contributed by atoms with Gasteiger partial charge in [-0.15, -0.1) is 0 Å². The van der Waals surface area contributed by atoms with Gasteiger partial charge in [-0.3, -0.25) is 4.79 Å². The van der Waals surface area contributed by atoms with Crippen LogP contribution in [0.25, 0.3) is 0 Å². The van der Waals surface area contributed by atoms with Crippen LogP contribution >= 0.6 is 0 Å². The number of likely N-dealkylation sites (tertiary alicyclic amines) is 1. The van der Waals surface area contributed by atoms with E-state index in [1.165, 1.54) is 0 Å². The summed E-state index contributed by atoms with van der Waals surface area (Å²) in [6.45, 7) is 8.49. The molecule has 1 amide bonds. The average molecular weight is 212 g/mol. The molecule has 0 aromatic carbocycles. The van der Waals surface area contributed by atoms with Gasteiger partial charge in [-0.1, -0.05) is 6.92 Å². The summed E-state index contributed by atoms with van der Waals surface area (Å²) in [5.74, 6) is 0.206. The van der Waals surface area contributed by atoms with Gasteiger partial charge in [0.1, 0.15) is 0 Å². The lowest BCUT2D eigenvalue weighted by Crippen LogP contribution is -2.40. The molecule has 0 spiro atoms. The van der Waals surface area contributed by atoms with Gasteiger partial charge in [0.05, 0.1) is 0 Å². The van der Waals surface area contributed by atoms with E-state index in [1.54, 1.807) is 0 Å². The van der Waals surface area contributed by atoms with Crippen molar-refractivity contribution in [2.45, 2.75) is 46.1 Å². The Morgan fingerprint density at radius 3 is 2.40 bits per heavy atom. The summed E-state index contributed by atoms with van der Waals surface area (Å²) in [6.07, 6.45) is 2.95. The molecule has 15 heavy (non-hydrogen) atoms. The molecule has 0 aromatic rings. The van der Waals surface area contributed by atoms with Gasteiger partial charge < -0.3 is 10.2 Å². The van der Waals surface area contributed by atoms with Crippen molar-refractivity contribution in [3.05, 3.63) is 0 Å². The van der Waals surface area contributed by atoms with Crippen LogP contribution in [-0.4, -0.2) is 37.0 Å². The van der Waals surface area contributed by atoms with Crippen molar-refractivity contribution in [1.82, 2.24) is 10.2 Å². The number of rotatable bonds is 3. The normalized spacial score (nSPS) is 21.7. The third kappa shape index (κ3) is 4.20. The predicted octanol–water partition coefficient (Wildman–Crippen LogP) is 1.63. The molecular weight excluding hydrogens is 188 g/mol. The summed E-state index contributed by atoms with van der Waals surface area (Å²) < 4.78 is 0. The fourth-order valence-corrected chi connectivity index (χ4v) is 2.10. The molecule has 1 N–H and O–H groups in total. The van der Waals surface area contributed by atoms with E-state index in [0.717, 1.165) is 25.9 Å². The highest BCUT2D eigenvalue weighted by atomic mass is 16.1. The monoisotopic (exact) mass is 212 g/mol. The summed E-state index contributed by atoms with van der Waals surface area (Å²) in [5, 5.41) is 2.97. The molecule has 0 atom stereocenters. The van der Waals surface area contributed by atoms with Gasteiger partial charge >= 0.3 is 0 Å². The zero-order valence-corrected chi connectivity index (χ0v) is 10.5. The third-order valence-corrected chi connectivity index (χ3v) is 3.23. The largest absolute Gasteiger partial charge is 0.354 e. The first-order chi connectivity index (χ1) is 6.91. The predicted molar refractivity (Wildman–Crippen MR) is 62.7 cm³/mol. The lowest BCUT2D eigenvalue weighted by Gasteiger charge is -2.37. The Labute approximate surface area is 93.2 Å². The molecule has 0 bridgehead atoms. The number of carbonyl (C=O) groups excluding carboxylic acids is 1. The molecular formula is C12H24N2O. The topological polar surface area (TPSA) is 32.3 Å². The SMILES string of the molecule is CC(C)NC(=O)CC1(C)CCN(C)CC1. The summed E-state index contributed by atoms with van der Waals surface area (Å²) in [7, 11) is 2.15. The standard InChI is InChI=1S/C12H24N2O/c1-10(2)13-11(15)9-12(3)5-7-14(4)8-6-12/h10H,5-9H2,1-4H3,(H,13,15). The highest BCUT2D eigenvalue weighted by Crippen LogP contribution is 2.33. The van der Waals surface area contributed by atoms with Crippen LogP contribution in [0.3, 0.4) is 0 Å². The highest BCUT2D eigenvalue weighted by molar-refractivity contribution is 5.76. The second-order valence-electron chi connectivity index (χ2n) is 5.51. The highest BCUT2D eigenvalue weighted by Gasteiger charge is 2.31. The van der Waals surface area contributed by atoms with E-state index < -0.39 is 0 Å². The maximum absolute atomic E-state index is 11.7. The van der Waals surface area contributed by atoms with Crippen molar-refractivity contribution >= 4 is 5.91 Å². The molecule has 0 aliphatic carbocycles. The number of piperidine rings is 1. The maximum Gasteiger partial charge on any atom is 0.220 e. The van der Waals surface area contributed by atoms with Gasteiger partial charge in [0.15, 0.2) is 0 Å². The number of hydrogen-bond donors (Lipinski definition) is 1. The fraction of sp³-hybridized carbons (Fsp3) is 0.917. The molecule has 0 aromatic heterocycles. The smallest absolute Gasteiger partial charge is 0.220 e. The maximum atomic E-state index is 11.7. The fourth-order valence-electron chi connectivity index (χ4n) is 2.10. The lowest BCUT2D eigenvalue weighted by molar-refractivity contribution is -0.124. The Balaban J connectivity index is 2.39. The van der Waals surface area contributed by atoms with E-state index in [4.69, 9.17) is 0 Å². The van der Waals surface area contributed by atoms with Crippen LogP contribution in [0, 0.1) is 5.41 Å². The van der Waals surface area contributed by atoms with Gasteiger partial charge in [-0.2, -0.15) is 0 Å². The van der Waals surface area contributed by atoms with E-state index in [9.17, 15) is 4.79 Å². The Kier molecular flexibility index (Phi) is 4.14. The van der Waals surface area contributed by atoms with E-state index in [0.29, 0.717) is 6.42 Å². The van der Waals surface area contributed by atoms with Crippen LogP contribution < -0.4 is 5.32 Å². The van der Waals surface area contributed by atoms with E-state index in [1.807, 2.05) is 13.8 Å². The first-order valence-corrected chi connectivity index (χ1v) is 5.89. The Morgan fingerprint density at radius 1 is 1.40 bits per heavy atom. The molecule has 88 valence electrons. The van der Waals surface area contributed by atoms with Crippen LogP contribution in [0.5, 0.6) is 0 Å². The minimum atomic E-state index is 0.206. The summed E-state index contributed by atoms with van der Waals surface area (Å²) >= 11 is 0. The molecule has 1 fully saturated rings. The van der Waals surface area contributed by atoms with Crippen LogP contribution in [0.2, 0.25) is 0 Å². The van der Waals surface area contributed by atoms with Crippen LogP contribution in [0.4, 0.5) is 0 Å². The Morgan fingerprint density at radius 2 is 1.93 bits per heavy atom. The summed E-state index contributed by atoms with van der Waals surface area (Å²) in [6, 6.07) is 0.257. The third-order valence-electron chi connectivity index (χ3n) is 3.23. The average Bonchev–Trinajstić information content (AvgIpc) is 2.09. The number of hydrogen-bond acceptors (Lipinski definition) is 2. The number of amides is 1. The van der Waals surface area contributed by atoms with E-state index in [-0.39, 0.29) is 17.4 Å². The second kappa shape index (κ2) is 4.97. The molecule has 0 radical (unpaired) electrons. The number of carbonyl (C=O) groups is 1. The van der Waals surface area contributed by atoms with Crippen molar-refractivity contribution in [3.63, 3.8) is 0 Å². The quantitative estimate of drug-likeness (QED) is 0.771. The molecule has 1 aliphatic heterocycles. The van der Waals surface area contributed by atoms with Gasteiger partial charge in [-0.05, 0) is 52.2 Å². The zero-order chi connectivity index (χ0) is 11.5. The van der Waals surface area contributed by atoms with Crippen molar-refractivity contribution in [1.29, 1.82) is 0 Å². The van der Waals surface area contributed by atoms with Crippen molar-refractivity contribution in [2.24, 2.45) is 5.41 Å².